The molecule has 1 aromatic carbocycles. The summed E-state index contributed by atoms with van der Waals surface area (Å²) in [6.07, 6.45) is 0.109. The number of carbonyl (C=O) groups is 1. The lowest BCUT2D eigenvalue weighted by molar-refractivity contribution is -0.136. The van der Waals surface area contributed by atoms with Crippen LogP contribution in [0.15, 0.2) is 42.5 Å². The number of nitrogens with zero attached hydrogens (tertiary/aromatic N) is 1. The summed E-state index contributed by atoms with van der Waals surface area (Å²) >= 11 is 7.52. The number of hydrogen-bond acceptors (Lipinski definition) is 3. The highest BCUT2D eigenvalue weighted by Crippen LogP contribution is 2.33. The second-order valence-corrected chi connectivity index (χ2v) is 6.24. The third-order valence-electron chi connectivity index (χ3n) is 3.13. The normalized spacial score (nSPS) is 12.1. The molecule has 3 nitrogen and oxygen atoms in total. The van der Waals surface area contributed by atoms with Crippen LogP contribution in [-0.2, 0) is 4.79 Å². The van der Waals surface area contributed by atoms with E-state index in [2.05, 4.69) is 11.8 Å². The summed E-state index contributed by atoms with van der Waals surface area (Å²) in [6, 6.07) is 13.8. The highest BCUT2D eigenvalue weighted by molar-refractivity contribution is 7.16. The smallest absolute Gasteiger partial charge is 0.305 e. The van der Waals surface area contributed by atoms with E-state index in [0.717, 1.165) is 14.9 Å². The average molecular weight is 310 g/mol. The Bertz CT molecular complexity index is 570. The molecule has 0 aliphatic carbocycles. The van der Waals surface area contributed by atoms with Gasteiger partial charge in [0.15, 0.2) is 0 Å². The van der Waals surface area contributed by atoms with Crippen LogP contribution in [0.25, 0.3) is 0 Å². The quantitative estimate of drug-likeness (QED) is 0.857. The second kappa shape index (κ2) is 6.77. The number of halogens is 1. The van der Waals surface area contributed by atoms with E-state index in [4.69, 9.17) is 16.7 Å². The van der Waals surface area contributed by atoms with E-state index in [1.54, 1.807) is 0 Å². The van der Waals surface area contributed by atoms with Gasteiger partial charge in [-0.3, -0.25) is 4.79 Å². The maximum absolute atomic E-state index is 10.9. The number of thiophene rings is 1. The van der Waals surface area contributed by atoms with Crippen molar-refractivity contribution in [1.29, 1.82) is 0 Å². The van der Waals surface area contributed by atoms with Gasteiger partial charge in [-0.1, -0.05) is 29.8 Å². The highest BCUT2D eigenvalue weighted by atomic mass is 35.5. The van der Waals surface area contributed by atoms with Gasteiger partial charge in [0.05, 0.1) is 16.8 Å². The summed E-state index contributed by atoms with van der Waals surface area (Å²) in [4.78, 5) is 14.1. The van der Waals surface area contributed by atoms with Crippen LogP contribution >= 0.6 is 22.9 Å². The Morgan fingerprint density at radius 1 is 1.30 bits per heavy atom. The minimum Gasteiger partial charge on any atom is -0.481 e. The molecule has 20 heavy (non-hydrogen) atoms. The predicted octanol–water partition coefficient (Wildman–Crippen LogP) is 4.44. The van der Waals surface area contributed by atoms with E-state index in [-0.39, 0.29) is 12.5 Å². The van der Waals surface area contributed by atoms with Crippen LogP contribution in [0.3, 0.4) is 0 Å². The lowest BCUT2D eigenvalue weighted by atomic mass is 10.2. The summed E-state index contributed by atoms with van der Waals surface area (Å²) in [7, 11) is 0. The molecule has 1 unspecified atom stereocenters. The Hall–Kier alpha value is -1.52. The number of carboxylic acids is 1. The first-order valence-electron chi connectivity index (χ1n) is 6.36. The van der Waals surface area contributed by atoms with Gasteiger partial charge in [0.2, 0.25) is 0 Å². The Morgan fingerprint density at radius 3 is 2.55 bits per heavy atom. The van der Waals surface area contributed by atoms with Crippen LogP contribution in [0, 0.1) is 0 Å². The maximum atomic E-state index is 10.9. The fourth-order valence-electron chi connectivity index (χ4n) is 2.09. The molecule has 0 fully saturated rings. The molecule has 0 aliphatic rings. The number of para-hydroxylation sites is 1. The summed E-state index contributed by atoms with van der Waals surface area (Å²) in [5, 5.41) is 8.92. The van der Waals surface area contributed by atoms with Gasteiger partial charge < -0.3 is 10.0 Å². The third-order valence-corrected chi connectivity index (χ3v) is 4.53. The van der Waals surface area contributed by atoms with Gasteiger partial charge in [-0.15, -0.1) is 11.3 Å². The minimum atomic E-state index is -0.789. The van der Waals surface area contributed by atoms with Gasteiger partial charge in [-0.2, -0.15) is 0 Å². The number of anilines is 1. The zero-order valence-electron chi connectivity index (χ0n) is 11.1. The minimum absolute atomic E-state index is 0.0919. The van der Waals surface area contributed by atoms with Crippen molar-refractivity contribution in [3.05, 3.63) is 51.7 Å². The van der Waals surface area contributed by atoms with E-state index in [9.17, 15) is 4.79 Å². The summed E-state index contributed by atoms with van der Waals surface area (Å²) in [5.74, 6) is -0.789. The molecule has 1 aromatic heterocycles. The second-order valence-electron chi connectivity index (χ2n) is 4.49. The van der Waals surface area contributed by atoms with Crippen molar-refractivity contribution in [3.63, 3.8) is 0 Å². The molecule has 0 aliphatic heterocycles. The van der Waals surface area contributed by atoms with Crippen LogP contribution in [0.1, 0.15) is 24.3 Å². The number of aliphatic carboxylic acids is 1. The molecule has 106 valence electrons. The molecule has 0 amide bonds. The molecule has 1 heterocycles. The first kappa shape index (κ1) is 14.9. The molecule has 1 N–H and O–H groups in total. The average Bonchev–Trinajstić information content (AvgIpc) is 2.86. The molecule has 0 saturated heterocycles. The molecular weight excluding hydrogens is 294 g/mol. The molecule has 2 rings (SSSR count). The van der Waals surface area contributed by atoms with Gasteiger partial charge in [0.25, 0.3) is 0 Å². The molecule has 1 atom stereocenters. The van der Waals surface area contributed by atoms with E-state index < -0.39 is 5.97 Å². The number of hydrogen-bond donors (Lipinski definition) is 1. The summed E-state index contributed by atoms with van der Waals surface area (Å²) < 4.78 is 0.748. The van der Waals surface area contributed by atoms with Crippen LogP contribution in [0.4, 0.5) is 5.69 Å². The monoisotopic (exact) mass is 309 g/mol. The zero-order chi connectivity index (χ0) is 14.5. The molecule has 0 radical (unpaired) electrons. The van der Waals surface area contributed by atoms with Gasteiger partial charge in [0, 0.05) is 17.1 Å². The Morgan fingerprint density at radius 2 is 2.00 bits per heavy atom. The molecular formula is C15H16ClNO2S. The van der Waals surface area contributed by atoms with Crippen molar-refractivity contribution < 1.29 is 9.90 Å². The number of carboxylic acid groups (broad SMARTS) is 1. The molecule has 0 saturated carbocycles. The first-order valence-corrected chi connectivity index (χ1v) is 7.56. The Kier molecular flexibility index (Phi) is 5.04. The number of benzene rings is 1. The van der Waals surface area contributed by atoms with Gasteiger partial charge >= 0.3 is 5.97 Å². The van der Waals surface area contributed by atoms with Crippen molar-refractivity contribution in [3.8, 4) is 0 Å². The van der Waals surface area contributed by atoms with E-state index in [0.29, 0.717) is 6.54 Å². The van der Waals surface area contributed by atoms with E-state index in [1.807, 2.05) is 42.5 Å². The Balaban J connectivity index is 2.23. The lowest BCUT2D eigenvalue weighted by Gasteiger charge is -2.30. The largest absolute Gasteiger partial charge is 0.481 e. The van der Waals surface area contributed by atoms with Crippen molar-refractivity contribution >= 4 is 34.6 Å². The van der Waals surface area contributed by atoms with E-state index in [1.165, 1.54) is 11.3 Å². The van der Waals surface area contributed by atoms with Crippen LogP contribution in [-0.4, -0.2) is 17.6 Å². The Labute approximate surface area is 127 Å². The van der Waals surface area contributed by atoms with Gasteiger partial charge in [-0.05, 0) is 31.2 Å². The van der Waals surface area contributed by atoms with Crippen LogP contribution in [0.2, 0.25) is 4.34 Å². The number of rotatable bonds is 6. The SMILES string of the molecule is CC(c1ccc(Cl)s1)N(CCC(=O)O)c1ccccc1. The fourth-order valence-corrected chi connectivity index (χ4v) is 3.21. The molecule has 0 spiro atoms. The standard InChI is InChI=1S/C15H16ClNO2S/c1-11(13-7-8-14(16)20-13)17(10-9-15(18)19)12-5-3-2-4-6-12/h2-8,11H,9-10H2,1H3,(H,18,19). The van der Waals surface area contributed by atoms with Crippen molar-refractivity contribution in [1.82, 2.24) is 0 Å². The van der Waals surface area contributed by atoms with Crippen LogP contribution < -0.4 is 4.90 Å². The molecule has 2 aromatic rings. The lowest BCUT2D eigenvalue weighted by Crippen LogP contribution is -2.28. The van der Waals surface area contributed by atoms with Crippen LogP contribution in [0.5, 0.6) is 0 Å². The summed E-state index contributed by atoms with van der Waals surface area (Å²) in [6.45, 7) is 2.53. The van der Waals surface area contributed by atoms with Gasteiger partial charge in [-0.25, -0.2) is 0 Å². The maximum Gasteiger partial charge on any atom is 0.305 e. The van der Waals surface area contributed by atoms with Gasteiger partial charge in [0.1, 0.15) is 0 Å². The molecule has 5 heteroatoms. The first-order chi connectivity index (χ1) is 9.58. The predicted molar refractivity (Wildman–Crippen MR) is 83.8 cm³/mol. The topological polar surface area (TPSA) is 40.5 Å². The fraction of sp³-hybridized carbons (Fsp3) is 0.267. The third kappa shape index (κ3) is 3.74. The molecule has 0 bridgehead atoms. The summed E-state index contributed by atoms with van der Waals surface area (Å²) in [5.41, 5.74) is 1.02. The van der Waals surface area contributed by atoms with Crippen molar-refractivity contribution in [2.24, 2.45) is 0 Å². The zero-order valence-corrected chi connectivity index (χ0v) is 12.7. The highest BCUT2D eigenvalue weighted by Gasteiger charge is 2.18. The van der Waals surface area contributed by atoms with E-state index >= 15 is 0 Å². The van der Waals surface area contributed by atoms with Crippen molar-refractivity contribution in [2.75, 3.05) is 11.4 Å². The van der Waals surface area contributed by atoms with Crippen molar-refractivity contribution in [2.45, 2.75) is 19.4 Å².